The number of rotatable bonds is 8. The van der Waals surface area contributed by atoms with Gasteiger partial charge in [-0.1, -0.05) is 57.8 Å². The van der Waals surface area contributed by atoms with E-state index in [9.17, 15) is 4.79 Å². The Labute approximate surface area is 88.3 Å². The van der Waals surface area contributed by atoms with E-state index in [4.69, 9.17) is 0 Å². The molecular formula is C13H22O. The van der Waals surface area contributed by atoms with Gasteiger partial charge in [0.15, 0.2) is 6.29 Å². The maximum atomic E-state index is 9.87. The zero-order valence-electron chi connectivity index (χ0n) is 9.35. The van der Waals surface area contributed by atoms with Crippen LogP contribution in [0.3, 0.4) is 0 Å². The summed E-state index contributed by atoms with van der Waals surface area (Å²) in [5, 5.41) is 0. The summed E-state index contributed by atoms with van der Waals surface area (Å²) in [7, 11) is 0. The standard InChI is InChI=1S/C13H22O/c1-2-3-4-5-6-7-8-9-10-11-12-13-14/h13H,2-10H2,1H3. The number of hydrogen-bond donors (Lipinski definition) is 0. The highest BCUT2D eigenvalue weighted by atomic mass is 16.1. The molecule has 0 aromatic carbocycles. The number of aldehydes is 1. The molecule has 0 fully saturated rings. The number of hydrogen-bond acceptors (Lipinski definition) is 1. The molecule has 1 heteroatoms. The minimum absolute atomic E-state index is 0.671. The van der Waals surface area contributed by atoms with Crippen LogP contribution in [0, 0.1) is 11.8 Å². The van der Waals surface area contributed by atoms with Crippen LogP contribution < -0.4 is 0 Å². The first-order valence-corrected chi connectivity index (χ1v) is 5.84. The average molecular weight is 194 g/mol. The van der Waals surface area contributed by atoms with Crippen molar-refractivity contribution in [1.29, 1.82) is 0 Å². The molecule has 0 unspecified atom stereocenters. The molecule has 0 atom stereocenters. The molecule has 0 aliphatic heterocycles. The fourth-order valence-electron chi connectivity index (χ4n) is 1.46. The first kappa shape index (κ1) is 13.2. The molecule has 0 saturated carbocycles. The van der Waals surface area contributed by atoms with Gasteiger partial charge < -0.3 is 0 Å². The van der Waals surface area contributed by atoms with Gasteiger partial charge in [0.2, 0.25) is 0 Å². The molecule has 0 saturated heterocycles. The van der Waals surface area contributed by atoms with E-state index in [2.05, 4.69) is 18.8 Å². The molecule has 0 heterocycles. The van der Waals surface area contributed by atoms with Crippen molar-refractivity contribution in [3.05, 3.63) is 0 Å². The van der Waals surface area contributed by atoms with Crippen molar-refractivity contribution in [1.82, 2.24) is 0 Å². The minimum atomic E-state index is 0.671. The van der Waals surface area contributed by atoms with Crippen LogP contribution in [-0.4, -0.2) is 6.29 Å². The van der Waals surface area contributed by atoms with Crippen LogP contribution in [0.5, 0.6) is 0 Å². The molecular weight excluding hydrogens is 172 g/mol. The van der Waals surface area contributed by atoms with Crippen molar-refractivity contribution in [3.63, 3.8) is 0 Å². The molecule has 0 spiro atoms. The van der Waals surface area contributed by atoms with E-state index in [-0.39, 0.29) is 0 Å². The summed E-state index contributed by atoms with van der Waals surface area (Å²) in [6.07, 6.45) is 12.1. The molecule has 0 N–H and O–H groups in total. The summed E-state index contributed by atoms with van der Waals surface area (Å²) in [4.78, 5) is 9.87. The maximum absolute atomic E-state index is 9.87. The largest absolute Gasteiger partial charge is 0.289 e. The smallest absolute Gasteiger partial charge is 0.192 e. The summed E-state index contributed by atoms with van der Waals surface area (Å²) in [5.41, 5.74) is 0. The predicted octanol–water partition coefficient (Wildman–Crippen LogP) is 3.72. The van der Waals surface area contributed by atoms with Gasteiger partial charge >= 0.3 is 0 Å². The lowest BCUT2D eigenvalue weighted by atomic mass is 10.1. The van der Waals surface area contributed by atoms with Crippen LogP contribution in [0.2, 0.25) is 0 Å². The zero-order chi connectivity index (χ0) is 10.5. The van der Waals surface area contributed by atoms with E-state index < -0.39 is 0 Å². The van der Waals surface area contributed by atoms with Crippen LogP contribution >= 0.6 is 0 Å². The molecule has 14 heavy (non-hydrogen) atoms. The Balaban J connectivity index is 2.95. The van der Waals surface area contributed by atoms with E-state index in [1.54, 1.807) is 0 Å². The van der Waals surface area contributed by atoms with Gasteiger partial charge in [-0.2, -0.15) is 0 Å². The van der Waals surface area contributed by atoms with Gasteiger partial charge in [-0.3, -0.25) is 4.79 Å². The van der Waals surface area contributed by atoms with Crippen LogP contribution in [0.4, 0.5) is 0 Å². The van der Waals surface area contributed by atoms with Gasteiger partial charge in [0.05, 0.1) is 0 Å². The third-order valence-electron chi connectivity index (χ3n) is 2.32. The van der Waals surface area contributed by atoms with Crippen molar-refractivity contribution < 1.29 is 4.79 Å². The molecule has 1 nitrogen and oxygen atoms in total. The zero-order valence-corrected chi connectivity index (χ0v) is 9.35. The van der Waals surface area contributed by atoms with Crippen molar-refractivity contribution >= 4 is 6.29 Å². The molecule has 0 aromatic heterocycles. The molecule has 0 aliphatic rings. The molecule has 0 bridgehead atoms. The van der Waals surface area contributed by atoms with Gasteiger partial charge in [0.25, 0.3) is 0 Å². The molecule has 0 aromatic rings. The van der Waals surface area contributed by atoms with Crippen molar-refractivity contribution in [2.75, 3.05) is 0 Å². The van der Waals surface area contributed by atoms with Gasteiger partial charge in [-0.05, 0) is 12.3 Å². The first-order chi connectivity index (χ1) is 6.91. The van der Waals surface area contributed by atoms with Crippen LogP contribution in [0.15, 0.2) is 0 Å². The summed E-state index contributed by atoms with van der Waals surface area (Å²) < 4.78 is 0. The van der Waals surface area contributed by atoms with E-state index in [0.29, 0.717) is 6.29 Å². The SMILES string of the molecule is CCCCCCCCCCC#CC=O. The van der Waals surface area contributed by atoms with E-state index in [0.717, 1.165) is 12.8 Å². The fraction of sp³-hybridized carbons (Fsp3) is 0.769. The van der Waals surface area contributed by atoms with Crippen LogP contribution in [0.1, 0.15) is 64.7 Å². The highest BCUT2D eigenvalue weighted by Gasteiger charge is 1.89. The molecule has 0 aliphatic carbocycles. The Kier molecular flexibility index (Phi) is 11.6. The quantitative estimate of drug-likeness (QED) is 0.327. The Hall–Kier alpha value is -0.770. The Bertz CT molecular complexity index is 173. The second-order valence-corrected chi connectivity index (χ2v) is 3.66. The van der Waals surface area contributed by atoms with Crippen molar-refractivity contribution in [2.24, 2.45) is 0 Å². The highest BCUT2D eigenvalue weighted by molar-refractivity contribution is 5.72. The fourth-order valence-corrected chi connectivity index (χ4v) is 1.46. The number of carbonyl (C=O) groups is 1. The van der Waals surface area contributed by atoms with Crippen LogP contribution in [0.25, 0.3) is 0 Å². The summed E-state index contributed by atoms with van der Waals surface area (Å²) in [5.74, 6) is 5.26. The average Bonchev–Trinajstić information content (AvgIpc) is 2.21. The van der Waals surface area contributed by atoms with Crippen LogP contribution in [-0.2, 0) is 4.79 Å². The number of carbonyl (C=O) groups excluding carboxylic acids is 1. The predicted molar refractivity (Wildman–Crippen MR) is 61.1 cm³/mol. The lowest BCUT2D eigenvalue weighted by Gasteiger charge is -1.98. The topological polar surface area (TPSA) is 17.1 Å². The van der Waals surface area contributed by atoms with Crippen molar-refractivity contribution in [2.45, 2.75) is 64.7 Å². The summed E-state index contributed by atoms with van der Waals surface area (Å²) in [6.45, 7) is 2.24. The molecule has 80 valence electrons. The second kappa shape index (κ2) is 12.2. The van der Waals surface area contributed by atoms with Gasteiger partial charge in [-0.15, -0.1) is 0 Å². The molecule has 0 rings (SSSR count). The molecule has 0 radical (unpaired) electrons. The third kappa shape index (κ3) is 11.2. The monoisotopic (exact) mass is 194 g/mol. The lowest BCUT2D eigenvalue weighted by molar-refractivity contribution is -0.103. The highest BCUT2D eigenvalue weighted by Crippen LogP contribution is 2.08. The van der Waals surface area contributed by atoms with Crippen molar-refractivity contribution in [3.8, 4) is 11.8 Å². The first-order valence-electron chi connectivity index (χ1n) is 5.84. The van der Waals surface area contributed by atoms with E-state index in [1.807, 2.05) is 0 Å². The Morgan fingerprint density at radius 2 is 1.50 bits per heavy atom. The lowest BCUT2D eigenvalue weighted by Crippen LogP contribution is -1.80. The number of unbranched alkanes of at least 4 members (excludes halogenated alkanes) is 8. The normalized spacial score (nSPS) is 9.21. The third-order valence-corrected chi connectivity index (χ3v) is 2.32. The Morgan fingerprint density at radius 3 is 2.07 bits per heavy atom. The van der Waals surface area contributed by atoms with E-state index in [1.165, 1.54) is 44.9 Å². The second-order valence-electron chi connectivity index (χ2n) is 3.66. The summed E-state index contributed by atoms with van der Waals surface area (Å²) >= 11 is 0. The van der Waals surface area contributed by atoms with Gasteiger partial charge in [0.1, 0.15) is 0 Å². The molecule has 0 amide bonds. The minimum Gasteiger partial charge on any atom is -0.289 e. The Morgan fingerprint density at radius 1 is 0.929 bits per heavy atom. The van der Waals surface area contributed by atoms with Gasteiger partial charge in [0, 0.05) is 6.42 Å². The summed E-state index contributed by atoms with van der Waals surface area (Å²) in [6, 6.07) is 0. The van der Waals surface area contributed by atoms with E-state index >= 15 is 0 Å². The van der Waals surface area contributed by atoms with Gasteiger partial charge in [-0.25, -0.2) is 0 Å². The maximum Gasteiger partial charge on any atom is 0.192 e.